The first-order chi connectivity index (χ1) is 8.15. The number of carbonyl (C=O) groups excluding carboxylic acids is 1. The molecule has 4 nitrogen and oxygen atoms in total. The molecular weight excluding hydrogens is 242 g/mol. The second-order valence-corrected chi connectivity index (χ2v) is 4.50. The topological polar surface area (TPSA) is 47.6 Å². The first kappa shape index (κ1) is 16.7. The second kappa shape index (κ2) is 10.8. The van der Waals surface area contributed by atoms with Gasteiger partial charge in [-0.05, 0) is 5.92 Å². The molecule has 0 aromatic heterocycles. The van der Waals surface area contributed by atoms with E-state index in [0.717, 1.165) is 12.8 Å². The van der Waals surface area contributed by atoms with Crippen LogP contribution in [0, 0.1) is 5.92 Å². The summed E-state index contributed by atoms with van der Waals surface area (Å²) in [5.74, 6) is 0.323. The van der Waals surface area contributed by atoms with Crippen molar-refractivity contribution in [1.29, 1.82) is 0 Å². The van der Waals surface area contributed by atoms with Gasteiger partial charge in [0.1, 0.15) is 6.61 Å². The van der Waals surface area contributed by atoms with Crippen LogP contribution in [0.3, 0.4) is 0 Å². The highest BCUT2D eigenvalue weighted by Crippen LogP contribution is 2.17. The van der Waals surface area contributed by atoms with Gasteiger partial charge in [0.25, 0.3) is 0 Å². The van der Waals surface area contributed by atoms with Crippen LogP contribution >= 0.6 is 11.6 Å². The quantitative estimate of drug-likeness (QED) is 0.484. The van der Waals surface area contributed by atoms with Crippen molar-refractivity contribution in [2.24, 2.45) is 5.92 Å². The van der Waals surface area contributed by atoms with Gasteiger partial charge in [0, 0.05) is 13.7 Å². The van der Waals surface area contributed by atoms with Gasteiger partial charge in [0.05, 0.1) is 18.6 Å². The number of nitrogens with one attached hydrogen (secondary N) is 1. The van der Waals surface area contributed by atoms with Gasteiger partial charge < -0.3 is 14.8 Å². The lowest BCUT2D eigenvalue weighted by molar-refractivity contribution is -0.126. The standard InChI is InChI=1S/C12H24ClNO3/c1-4-10(5-2)11(13)8-14-12(15)9-17-7-6-16-3/h10-11H,4-9H2,1-3H3,(H,14,15). The van der Waals surface area contributed by atoms with Crippen molar-refractivity contribution in [2.75, 3.05) is 33.5 Å². The minimum absolute atomic E-state index is 0.00655. The number of carbonyl (C=O) groups is 1. The molecule has 0 aromatic carbocycles. The SMILES string of the molecule is CCC(CC)C(Cl)CNC(=O)COCCOC. The Kier molecular flexibility index (Phi) is 10.6. The summed E-state index contributed by atoms with van der Waals surface area (Å²) >= 11 is 6.20. The summed E-state index contributed by atoms with van der Waals surface area (Å²) < 4.78 is 9.91. The van der Waals surface area contributed by atoms with Crippen LogP contribution in [0.4, 0.5) is 0 Å². The van der Waals surface area contributed by atoms with Crippen molar-refractivity contribution in [3.63, 3.8) is 0 Å². The fourth-order valence-electron chi connectivity index (χ4n) is 1.54. The average Bonchev–Trinajstić information content (AvgIpc) is 2.33. The van der Waals surface area contributed by atoms with Crippen molar-refractivity contribution in [2.45, 2.75) is 32.1 Å². The molecule has 0 heterocycles. The molecule has 1 amide bonds. The van der Waals surface area contributed by atoms with E-state index >= 15 is 0 Å². The average molecular weight is 266 g/mol. The Morgan fingerprint density at radius 1 is 1.29 bits per heavy atom. The lowest BCUT2D eigenvalue weighted by atomic mass is 9.99. The Hall–Kier alpha value is -0.320. The minimum Gasteiger partial charge on any atom is -0.382 e. The van der Waals surface area contributed by atoms with Gasteiger partial charge >= 0.3 is 0 Å². The van der Waals surface area contributed by atoms with Gasteiger partial charge in [-0.2, -0.15) is 0 Å². The number of rotatable bonds is 10. The minimum atomic E-state index is -0.127. The molecule has 1 N–H and O–H groups in total. The zero-order valence-corrected chi connectivity index (χ0v) is 11.8. The second-order valence-electron chi connectivity index (χ2n) is 3.94. The number of halogens is 1. The van der Waals surface area contributed by atoms with E-state index in [2.05, 4.69) is 19.2 Å². The summed E-state index contributed by atoms with van der Waals surface area (Å²) in [7, 11) is 1.59. The van der Waals surface area contributed by atoms with Gasteiger partial charge in [0.2, 0.25) is 5.91 Å². The number of amides is 1. The molecule has 17 heavy (non-hydrogen) atoms. The number of methoxy groups -OCH3 is 1. The van der Waals surface area contributed by atoms with Crippen LogP contribution in [0.2, 0.25) is 0 Å². The van der Waals surface area contributed by atoms with Crippen LogP contribution in [0.5, 0.6) is 0 Å². The Morgan fingerprint density at radius 3 is 2.47 bits per heavy atom. The molecule has 0 aliphatic heterocycles. The van der Waals surface area contributed by atoms with Crippen molar-refractivity contribution >= 4 is 17.5 Å². The van der Waals surface area contributed by atoms with Crippen LogP contribution in [0.15, 0.2) is 0 Å². The maximum Gasteiger partial charge on any atom is 0.246 e. The van der Waals surface area contributed by atoms with E-state index in [1.807, 2.05) is 0 Å². The van der Waals surface area contributed by atoms with E-state index in [1.165, 1.54) is 0 Å². The largest absolute Gasteiger partial charge is 0.382 e. The number of ether oxygens (including phenoxy) is 2. The third-order valence-electron chi connectivity index (χ3n) is 2.72. The van der Waals surface area contributed by atoms with Gasteiger partial charge in [-0.15, -0.1) is 11.6 Å². The molecule has 0 saturated carbocycles. The third-order valence-corrected chi connectivity index (χ3v) is 3.23. The molecule has 0 fully saturated rings. The molecule has 1 atom stereocenters. The zero-order chi connectivity index (χ0) is 13.1. The molecule has 5 heteroatoms. The molecule has 0 saturated heterocycles. The highest BCUT2D eigenvalue weighted by molar-refractivity contribution is 6.21. The Bertz CT molecular complexity index is 198. The molecule has 1 unspecified atom stereocenters. The molecule has 0 aliphatic rings. The fraction of sp³-hybridized carbons (Fsp3) is 0.917. The predicted molar refractivity (Wildman–Crippen MR) is 69.4 cm³/mol. The zero-order valence-electron chi connectivity index (χ0n) is 11.0. The van der Waals surface area contributed by atoms with Crippen LogP contribution in [0.25, 0.3) is 0 Å². The molecule has 0 rings (SSSR count). The van der Waals surface area contributed by atoms with E-state index in [4.69, 9.17) is 21.1 Å². The lowest BCUT2D eigenvalue weighted by Crippen LogP contribution is -2.35. The molecule has 0 aliphatic carbocycles. The molecule has 0 radical (unpaired) electrons. The summed E-state index contributed by atoms with van der Waals surface area (Å²) in [5, 5.41) is 2.77. The molecular formula is C12H24ClNO3. The Morgan fingerprint density at radius 2 is 1.94 bits per heavy atom. The number of alkyl halides is 1. The van der Waals surface area contributed by atoms with Crippen LogP contribution < -0.4 is 5.32 Å². The van der Waals surface area contributed by atoms with Crippen LogP contribution in [-0.4, -0.2) is 44.8 Å². The molecule has 0 aromatic rings. The number of hydrogen-bond donors (Lipinski definition) is 1. The predicted octanol–water partition coefficient (Wildman–Crippen LogP) is 1.81. The summed E-state index contributed by atoms with van der Waals surface area (Å²) in [5.41, 5.74) is 0. The monoisotopic (exact) mass is 265 g/mol. The lowest BCUT2D eigenvalue weighted by Gasteiger charge is -2.19. The third kappa shape index (κ3) is 8.41. The maximum absolute atomic E-state index is 11.4. The number of hydrogen-bond acceptors (Lipinski definition) is 3. The molecule has 0 spiro atoms. The van der Waals surface area contributed by atoms with E-state index in [1.54, 1.807) is 7.11 Å². The van der Waals surface area contributed by atoms with Crippen LogP contribution in [-0.2, 0) is 14.3 Å². The van der Waals surface area contributed by atoms with Crippen molar-refractivity contribution in [3.8, 4) is 0 Å². The van der Waals surface area contributed by atoms with Gasteiger partial charge in [0.15, 0.2) is 0 Å². The van der Waals surface area contributed by atoms with E-state index in [-0.39, 0.29) is 17.9 Å². The van der Waals surface area contributed by atoms with E-state index in [9.17, 15) is 4.79 Å². The smallest absolute Gasteiger partial charge is 0.246 e. The summed E-state index contributed by atoms with van der Waals surface area (Å²) in [6.07, 6.45) is 2.07. The maximum atomic E-state index is 11.4. The summed E-state index contributed by atoms with van der Waals surface area (Å²) in [6, 6.07) is 0. The van der Waals surface area contributed by atoms with Crippen molar-refractivity contribution in [3.05, 3.63) is 0 Å². The highest BCUT2D eigenvalue weighted by atomic mass is 35.5. The first-order valence-electron chi connectivity index (χ1n) is 6.13. The van der Waals surface area contributed by atoms with E-state index in [0.29, 0.717) is 25.7 Å². The molecule has 102 valence electrons. The highest BCUT2D eigenvalue weighted by Gasteiger charge is 2.16. The normalized spacial score (nSPS) is 12.8. The fourth-order valence-corrected chi connectivity index (χ4v) is 1.97. The van der Waals surface area contributed by atoms with Crippen molar-refractivity contribution in [1.82, 2.24) is 5.32 Å². The first-order valence-corrected chi connectivity index (χ1v) is 6.56. The van der Waals surface area contributed by atoms with Gasteiger partial charge in [-0.25, -0.2) is 0 Å². The van der Waals surface area contributed by atoms with Gasteiger partial charge in [-0.1, -0.05) is 26.7 Å². The Balaban J connectivity index is 3.61. The summed E-state index contributed by atoms with van der Waals surface area (Å²) in [4.78, 5) is 11.4. The summed E-state index contributed by atoms with van der Waals surface area (Å²) in [6.45, 7) is 5.72. The van der Waals surface area contributed by atoms with Gasteiger partial charge in [-0.3, -0.25) is 4.79 Å². The van der Waals surface area contributed by atoms with Crippen molar-refractivity contribution < 1.29 is 14.3 Å². The van der Waals surface area contributed by atoms with E-state index < -0.39 is 0 Å². The molecule has 0 bridgehead atoms. The Labute approximate surface area is 109 Å². The van der Waals surface area contributed by atoms with Crippen LogP contribution in [0.1, 0.15) is 26.7 Å².